The van der Waals surface area contributed by atoms with Gasteiger partial charge in [-0.15, -0.1) is 11.3 Å². The van der Waals surface area contributed by atoms with Crippen molar-refractivity contribution in [2.24, 2.45) is 4.99 Å². The van der Waals surface area contributed by atoms with E-state index in [4.69, 9.17) is 0 Å². The van der Waals surface area contributed by atoms with E-state index in [9.17, 15) is 9.18 Å². The first-order valence-electron chi connectivity index (χ1n) is 9.65. The van der Waals surface area contributed by atoms with E-state index in [1.54, 1.807) is 29.5 Å². The summed E-state index contributed by atoms with van der Waals surface area (Å²) < 4.78 is 13.4. The number of rotatable bonds is 6. The summed E-state index contributed by atoms with van der Waals surface area (Å²) in [5, 5.41) is 3.74. The van der Waals surface area contributed by atoms with Gasteiger partial charge in [0.1, 0.15) is 11.5 Å². The van der Waals surface area contributed by atoms with Crippen molar-refractivity contribution in [1.29, 1.82) is 0 Å². The lowest BCUT2D eigenvalue weighted by Gasteiger charge is -2.17. The first-order valence-corrected chi connectivity index (χ1v) is 11.5. The summed E-state index contributed by atoms with van der Waals surface area (Å²) in [5.74, 6) is 0.0447. The summed E-state index contributed by atoms with van der Waals surface area (Å²) in [7, 11) is 0. The second kappa shape index (κ2) is 9.36. The third kappa shape index (κ3) is 4.68. The van der Waals surface area contributed by atoms with Gasteiger partial charge in [-0.1, -0.05) is 49.0 Å². The molecule has 1 aliphatic rings. The number of anilines is 1. The summed E-state index contributed by atoms with van der Waals surface area (Å²) in [5.41, 5.74) is 2.83. The predicted molar refractivity (Wildman–Crippen MR) is 123 cm³/mol. The van der Waals surface area contributed by atoms with E-state index in [-0.39, 0.29) is 11.7 Å². The minimum absolute atomic E-state index is 0.224. The van der Waals surface area contributed by atoms with Crippen LogP contribution in [0, 0.1) is 5.82 Å². The van der Waals surface area contributed by atoms with Gasteiger partial charge >= 0.3 is 0 Å². The van der Waals surface area contributed by atoms with E-state index in [0.29, 0.717) is 22.3 Å². The number of carbonyl (C=O) groups excluding carboxylic acids is 1. The van der Waals surface area contributed by atoms with Crippen molar-refractivity contribution in [2.75, 3.05) is 4.90 Å². The molecular weight excluding hydrogens is 417 g/mol. The Bertz CT molecular complexity index is 1090. The highest BCUT2D eigenvalue weighted by Gasteiger charge is 2.32. The summed E-state index contributed by atoms with van der Waals surface area (Å²) in [6.07, 6.45) is 3.81. The van der Waals surface area contributed by atoms with Crippen LogP contribution in [0.3, 0.4) is 0 Å². The number of hydrogen-bond donors (Lipinski definition) is 0. The number of aliphatic imine (C=N–C) groups is 1. The number of aryl methyl sites for hydroxylation is 1. The van der Waals surface area contributed by atoms with Gasteiger partial charge in [-0.2, -0.15) is 0 Å². The second-order valence-corrected chi connectivity index (χ2v) is 8.61. The molecule has 0 aliphatic carbocycles. The van der Waals surface area contributed by atoms with Crippen molar-refractivity contribution in [3.63, 3.8) is 0 Å². The lowest BCUT2D eigenvalue weighted by atomic mass is 10.2. The molecule has 4 nitrogen and oxygen atoms in total. The van der Waals surface area contributed by atoms with Gasteiger partial charge in [-0.25, -0.2) is 14.4 Å². The molecule has 0 N–H and O–H groups in total. The van der Waals surface area contributed by atoms with Crippen LogP contribution >= 0.6 is 23.1 Å². The number of amides is 1. The molecule has 30 heavy (non-hydrogen) atoms. The molecule has 0 radical (unpaired) electrons. The standard InChI is InChI=1S/C23H20FN3OS2/c1-2-6-21-25-18(14-29-21)15-30-23-26-20(13-16-7-4-3-5-8-16)22(28)27(23)19-11-9-17(24)10-12-19/h3-5,7-14H,2,6,15H2,1H3/b20-13-. The van der Waals surface area contributed by atoms with Crippen molar-refractivity contribution in [1.82, 2.24) is 4.98 Å². The summed E-state index contributed by atoms with van der Waals surface area (Å²) in [4.78, 5) is 23.9. The molecule has 7 heteroatoms. The Hall–Kier alpha value is -2.77. The van der Waals surface area contributed by atoms with Crippen LogP contribution in [0.1, 0.15) is 29.6 Å². The molecule has 1 aliphatic heterocycles. The van der Waals surface area contributed by atoms with Crippen molar-refractivity contribution < 1.29 is 9.18 Å². The van der Waals surface area contributed by atoms with Crippen LogP contribution in [-0.2, 0) is 17.0 Å². The topological polar surface area (TPSA) is 45.6 Å². The van der Waals surface area contributed by atoms with Crippen molar-refractivity contribution in [3.8, 4) is 0 Å². The monoisotopic (exact) mass is 437 g/mol. The molecule has 1 aromatic heterocycles. The largest absolute Gasteiger partial charge is 0.283 e. The molecule has 0 bridgehead atoms. The minimum atomic E-state index is -0.345. The second-order valence-electron chi connectivity index (χ2n) is 6.72. The van der Waals surface area contributed by atoms with Gasteiger partial charge in [-0.05, 0) is 48.7 Å². The maximum Gasteiger partial charge on any atom is 0.283 e. The van der Waals surface area contributed by atoms with E-state index in [1.165, 1.54) is 28.8 Å². The normalized spacial score (nSPS) is 15.1. The molecule has 0 unspecified atom stereocenters. The zero-order chi connectivity index (χ0) is 20.9. The molecule has 1 amide bonds. The molecule has 2 aromatic carbocycles. The molecule has 4 rings (SSSR count). The third-order valence-electron chi connectivity index (χ3n) is 4.43. The Kier molecular flexibility index (Phi) is 6.40. The Morgan fingerprint density at radius 3 is 2.63 bits per heavy atom. The highest BCUT2D eigenvalue weighted by Crippen LogP contribution is 2.31. The number of thioether (sulfide) groups is 1. The lowest BCUT2D eigenvalue weighted by molar-refractivity contribution is -0.113. The zero-order valence-electron chi connectivity index (χ0n) is 16.4. The quantitative estimate of drug-likeness (QED) is 0.450. The third-order valence-corrected chi connectivity index (χ3v) is 6.36. The number of nitrogens with zero attached hydrogens (tertiary/aromatic N) is 3. The van der Waals surface area contributed by atoms with Crippen LogP contribution in [0.2, 0.25) is 0 Å². The number of hydrogen-bond acceptors (Lipinski definition) is 5. The summed E-state index contributed by atoms with van der Waals surface area (Å²) in [6.45, 7) is 2.13. The first kappa shape index (κ1) is 20.5. The first-order chi connectivity index (χ1) is 14.6. The Morgan fingerprint density at radius 1 is 1.13 bits per heavy atom. The molecular formula is C23H20FN3OS2. The van der Waals surface area contributed by atoms with Gasteiger partial charge < -0.3 is 0 Å². The van der Waals surface area contributed by atoms with Gasteiger partial charge in [0.05, 0.1) is 16.4 Å². The minimum Gasteiger partial charge on any atom is -0.266 e. The van der Waals surface area contributed by atoms with Gasteiger partial charge in [0, 0.05) is 11.1 Å². The Labute approximate surface area is 183 Å². The maximum absolute atomic E-state index is 13.4. The van der Waals surface area contributed by atoms with Crippen LogP contribution in [0.25, 0.3) is 6.08 Å². The fourth-order valence-electron chi connectivity index (χ4n) is 3.00. The number of carbonyl (C=O) groups is 1. The average molecular weight is 438 g/mol. The molecule has 152 valence electrons. The summed E-state index contributed by atoms with van der Waals surface area (Å²) >= 11 is 3.12. The number of halogens is 1. The van der Waals surface area contributed by atoms with E-state index in [0.717, 1.165) is 29.1 Å². The van der Waals surface area contributed by atoms with Crippen LogP contribution in [0.5, 0.6) is 0 Å². The van der Waals surface area contributed by atoms with Crippen molar-refractivity contribution in [3.05, 3.63) is 87.8 Å². The highest BCUT2D eigenvalue weighted by molar-refractivity contribution is 8.13. The average Bonchev–Trinajstić information content (AvgIpc) is 3.33. The Balaban J connectivity index is 1.61. The molecule has 3 aromatic rings. The number of thiazole rings is 1. The van der Waals surface area contributed by atoms with Crippen LogP contribution in [0.15, 0.2) is 70.7 Å². The molecule has 0 atom stereocenters. The summed E-state index contributed by atoms with van der Waals surface area (Å²) in [6, 6.07) is 15.5. The molecule has 0 saturated heterocycles. The SMILES string of the molecule is CCCc1nc(CSC2=N/C(=C\c3ccccc3)C(=O)N2c2ccc(F)cc2)cs1. The lowest BCUT2D eigenvalue weighted by Crippen LogP contribution is -2.30. The molecule has 2 heterocycles. The van der Waals surface area contributed by atoms with E-state index in [1.807, 2.05) is 30.3 Å². The predicted octanol–water partition coefficient (Wildman–Crippen LogP) is 5.91. The van der Waals surface area contributed by atoms with E-state index in [2.05, 4.69) is 22.3 Å². The number of amidine groups is 1. The number of benzene rings is 2. The van der Waals surface area contributed by atoms with Gasteiger partial charge in [-0.3, -0.25) is 9.69 Å². The number of aromatic nitrogens is 1. The fourth-order valence-corrected chi connectivity index (χ4v) is 4.91. The zero-order valence-corrected chi connectivity index (χ0v) is 18.0. The van der Waals surface area contributed by atoms with Crippen LogP contribution < -0.4 is 4.90 Å². The Morgan fingerprint density at radius 2 is 1.90 bits per heavy atom. The van der Waals surface area contributed by atoms with Crippen molar-refractivity contribution in [2.45, 2.75) is 25.5 Å². The smallest absolute Gasteiger partial charge is 0.266 e. The van der Waals surface area contributed by atoms with Gasteiger partial charge in [0.15, 0.2) is 5.17 Å². The molecule has 0 saturated carbocycles. The van der Waals surface area contributed by atoms with Gasteiger partial charge in [0.2, 0.25) is 0 Å². The maximum atomic E-state index is 13.4. The van der Waals surface area contributed by atoms with Crippen LogP contribution in [-0.4, -0.2) is 16.1 Å². The van der Waals surface area contributed by atoms with Crippen LogP contribution in [0.4, 0.5) is 10.1 Å². The molecule has 0 fully saturated rings. The van der Waals surface area contributed by atoms with Gasteiger partial charge in [0.25, 0.3) is 5.91 Å². The molecule has 0 spiro atoms. The van der Waals surface area contributed by atoms with Crippen molar-refractivity contribution >= 4 is 45.9 Å². The van der Waals surface area contributed by atoms with E-state index >= 15 is 0 Å². The van der Waals surface area contributed by atoms with E-state index < -0.39 is 0 Å². The highest BCUT2D eigenvalue weighted by atomic mass is 32.2. The fraction of sp³-hybridized carbons (Fsp3) is 0.174.